The highest BCUT2D eigenvalue weighted by molar-refractivity contribution is 7.99. The van der Waals surface area contributed by atoms with Crippen LogP contribution in [0.5, 0.6) is 0 Å². The maximum Gasteiger partial charge on any atom is 0.265 e. The first-order valence-electron chi connectivity index (χ1n) is 9.81. The first-order valence-corrected chi connectivity index (χ1v) is 11.7. The number of nitrogens with two attached hydrogens (primary N) is 1. The molecule has 11 heteroatoms. The molecule has 0 spiro atoms. The van der Waals surface area contributed by atoms with E-state index >= 15 is 0 Å². The van der Waals surface area contributed by atoms with Crippen molar-refractivity contribution >= 4 is 40.0 Å². The van der Waals surface area contributed by atoms with Gasteiger partial charge in [-0.15, -0.1) is 21.5 Å². The number of anilines is 1. The highest BCUT2D eigenvalue weighted by Gasteiger charge is 2.16. The van der Waals surface area contributed by atoms with Crippen LogP contribution in [0.25, 0.3) is 22.6 Å². The molecule has 0 radical (unpaired) electrons. The number of aromatic amines is 1. The molecule has 1 aromatic carbocycles. The lowest BCUT2D eigenvalue weighted by Gasteiger charge is -2.07. The Bertz CT molecular complexity index is 1270. The van der Waals surface area contributed by atoms with Crippen LogP contribution in [0.2, 0.25) is 0 Å². The lowest BCUT2D eigenvalue weighted by Crippen LogP contribution is -2.14. The topological polar surface area (TPSA) is 132 Å². The number of benzene rings is 1. The average molecular weight is 468 g/mol. The zero-order valence-corrected chi connectivity index (χ0v) is 19.1. The van der Waals surface area contributed by atoms with Gasteiger partial charge in [0.05, 0.1) is 11.4 Å². The highest BCUT2D eigenvalue weighted by atomic mass is 32.2. The summed E-state index contributed by atoms with van der Waals surface area (Å²) in [6.07, 6.45) is 1.65. The minimum atomic E-state index is -0.539. The third-order valence-corrected chi connectivity index (χ3v) is 6.36. The Morgan fingerprint density at radius 1 is 1.25 bits per heavy atom. The van der Waals surface area contributed by atoms with Crippen molar-refractivity contribution < 1.29 is 9.59 Å². The van der Waals surface area contributed by atoms with Crippen molar-refractivity contribution in [3.05, 3.63) is 53.2 Å². The normalized spacial score (nSPS) is 10.9. The fourth-order valence-corrected chi connectivity index (χ4v) is 4.65. The second-order valence-electron chi connectivity index (χ2n) is 6.96. The van der Waals surface area contributed by atoms with Crippen molar-refractivity contribution in [2.24, 2.45) is 5.73 Å². The maximum absolute atomic E-state index is 12.5. The SMILES string of the molecule is CCn1c(SCC(=O)Nc2nc(-c3c[nH]c(C(N)=O)c3)cs2)nnc1-c1cccc(C)c1. The standard InChI is InChI=1S/C21H21N7O2S2/c1-3-28-19(13-6-4-5-12(2)7-13)26-27-21(28)32-11-17(29)25-20-24-16(10-31-20)14-8-15(18(22)30)23-9-14/h4-10,23H,3,11H2,1-2H3,(H2,22,30)(H,24,25,29). The van der Waals surface area contributed by atoms with Crippen molar-refractivity contribution in [1.82, 2.24) is 24.7 Å². The molecule has 3 heterocycles. The third kappa shape index (κ3) is 4.73. The van der Waals surface area contributed by atoms with E-state index in [0.717, 1.165) is 22.5 Å². The predicted molar refractivity (Wildman–Crippen MR) is 126 cm³/mol. The van der Waals surface area contributed by atoms with E-state index in [4.69, 9.17) is 5.73 Å². The van der Waals surface area contributed by atoms with E-state index in [1.54, 1.807) is 17.6 Å². The van der Waals surface area contributed by atoms with Crippen LogP contribution >= 0.6 is 23.1 Å². The first-order chi connectivity index (χ1) is 15.4. The number of aromatic nitrogens is 5. The van der Waals surface area contributed by atoms with Gasteiger partial charge < -0.3 is 20.6 Å². The monoisotopic (exact) mass is 467 g/mol. The molecule has 3 aromatic heterocycles. The van der Waals surface area contributed by atoms with Crippen LogP contribution in [-0.2, 0) is 11.3 Å². The Morgan fingerprint density at radius 2 is 2.09 bits per heavy atom. The van der Waals surface area contributed by atoms with Gasteiger partial charge in [-0.2, -0.15) is 0 Å². The predicted octanol–water partition coefficient (Wildman–Crippen LogP) is 3.55. The molecule has 0 aliphatic heterocycles. The van der Waals surface area contributed by atoms with Crippen molar-refractivity contribution in [2.75, 3.05) is 11.1 Å². The lowest BCUT2D eigenvalue weighted by molar-refractivity contribution is -0.113. The second kappa shape index (κ2) is 9.37. The summed E-state index contributed by atoms with van der Waals surface area (Å²) in [6, 6.07) is 9.72. The molecule has 0 unspecified atom stereocenters. The van der Waals surface area contributed by atoms with Gasteiger partial charge in [0.25, 0.3) is 5.91 Å². The molecule has 0 saturated heterocycles. The zero-order valence-electron chi connectivity index (χ0n) is 17.5. The summed E-state index contributed by atoms with van der Waals surface area (Å²) in [5, 5.41) is 14.4. The van der Waals surface area contributed by atoms with Crippen molar-refractivity contribution in [3.8, 4) is 22.6 Å². The summed E-state index contributed by atoms with van der Waals surface area (Å²) in [5.74, 6) is 0.232. The number of hydrogen-bond donors (Lipinski definition) is 3. The molecule has 0 saturated carbocycles. The average Bonchev–Trinajstić information content (AvgIpc) is 3.51. The van der Waals surface area contributed by atoms with Gasteiger partial charge in [0.2, 0.25) is 5.91 Å². The van der Waals surface area contributed by atoms with E-state index in [1.807, 2.05) is 36.6 Å². The number of hydrogen-bond acceptors (Lipinski definition) is 7. The Labute approximate surface area is 192 Å². The molecule has 4 N–H and O–H groups in total. The number of primary amides is 1. The van der Waals surface area contributed by atoms with E-state index in [9.17, 15) is 9.59 Å². The minimum absolute atomic E-state index is 0.177. The van der Waals surface area contributed by atoms with Crippen LogP contribution in [0.1, 0.15) is 23.0 Å². The number of carbonyl (C=O) groups excluding carboxylic acids is 2. The molecule has 0 atom stereocenters. The molecule has 0 bridgehead atoms. The molecule has 0 aliphatic rings. The fraction of sp³-hybridized carbons (Fsp3) is 0.190. The van der Waals surface area contributed by atoms with Gasteiger partial charge >= 0.3 is 0 Å². The Morgan fingerprint density at radius 3 is 2.81 bits per heavy atom. The van der Waals surface area contributed by atoms with Crippen molar-refractivity contribution in [1.29, 1.82) is 0 Å². The molecular formula is C21H21N7O2S2. The van der Waals surface area contributed by atoms with Crippen LogP contribution in [0.15, 0.2) is 47.1 Å². The van der Waals surface area contributed by atoms with E-state index in [1.165, 1.54) is 23.1 Å². The number of amides is 2. The van der Waals surface area contributed by atoms with Crippen LogP contribution in [0.4, 0.5) is 5.13 Å². The summed E-state index contributed by atoms with van der Waals surface area (Å²) < 4.78 is 2.00. The molecule has 164 valence electrons. The van der Waals surface area contributed by atoms with E-state index < -0.39 is 5.91 Å². The number of rotatable bonds is 8. The molecule has 32 heavy (non-hydrogen) atoms. The fourth-order valence-electron chi connectivity index (χ4n) is 3.11. The molecule has 4 rings (SSSR count). The summed E-state index contributed by atoms with van der Waals surface area (Å²) in [5.41, 5.74) is 9.08. The van der Waals surface area contributed by atoms with Crippen LogP contribution < -0.4 is 11.1 Å². The van der Waals surface area contributed by atoms with Gasteiger partial charge in [-0.1, -0.05) is 35.5 Å². The Balaban J connectivity index is 1.39. The second-order valence-corrected chi connectivity index (χ2v) is 8.76. The molecule has 2 amide bonds. The quantitative estimate of drug-likeness (QED) is 0.340. The number of carbonyl (C=O) groups is 2. The lowest BCUT2D eigenvalue weighted by atomic mass is 10.1. The molecule has 0 fully saturated rings. The highest BCUT2D eigenvalue weighted by Crippen LogP contribution is 2.27. The molecular weight excluding hydrogens is 446 g/mol. The molecule has 0 aliphatic carbocycles. The van der Waals surface area contributed by atoms with Crippen molar-refractivity contribution in [2.45, 2.75) is 25.5 Å². The molecule has 4 aromatic rings. The number of thioether (sulfide) groups is 1. The van der Waals surface area contributed by atoms with Crippen LogP contribution in [0, 0.1) is 6.92 Å². The minimum Gasteiger partial charge on any atom is -0.364 e. The summed E-state index contributed by atoms with van der Waals surface area (Å²) in [7, 11) is 0. The van der Waals surface area contributed by atoms with E-state index in [2.05, 4.69) is 31.5 Å². The largest absolute Gasteiger partial charge is 0.364 e. The number of nitrogens with zero attached hydrogens (tertiary/aromatic N) is 4. The van der Waals surface area contributed by atoms with Crippen molar-refractivity contribution in [3.63, 3.8) is 0 Å². The van der Waals surface area contributed by atoms with Gasteiger partial charge in [-0.25, -0.2) is 4.98 Å². The number of aryl methyl sites for hydroxylation is 1. The summed E-state index contributed by atoms with van der Waals surface area (Å²) in [6.45, 7) is 4.75. The van der Waals surface area contributed by atoms with Gasteiger partial charge in [0.1, 0.15) is 5.69 Å². The Kier molecular flexibility index (Phi) is 6.37. The number of H-pyrrole nitrogens is 1. The van der Waals surface area contributed by atoms with Gasteiger partial charge in [-0.05, 0) is 26.0 Å². The smallest absolute Gasteiger partial charge is 0.265 e. The van der Waals surface area contributed by atoms with Gasteiger partial charge in [-0.3, -0.25) is 9.59 Å². The molecule has 9 nitrogen and oxygen atoms in total. The van der Waals surface area contributed by atoms with Gasteiger partial charge in [0, 0.05) is 29.2 Å². The van der Waals surface area contributed by atoms with E-state index in [-0.39, 0.29) is 11.7 Å². The Hall–Kier alpha value is -3.44. The maximum atomic E-state index is 12.5. The summed E-state index contributed by atoms with van der Waals surface area (Å²) in [4.78, 5) is 30.9. The first kappa shape index (κ1) is 21.8. The number of thiazole rings is 1. The third-order valence-electron chi connectivity index (χ3n) is 4.64. The van der Waals surface area contributed by atoms with E-state index in [0.29, 0.717) is 28.2 Å². The van der Waals surface area contributed by atoms with Crippen LogP contribution in [-0.4, -0.2) is 42.3 Å². The zero-order chi connectivity index (χ0) is 22.7. The van der Waals surface area contributed by atoms with Gasteiger partial charge in [0.15, 0.2) is 16.1 Å². The van der Waals surface area contributed by atoms with Crippen LogP contribution in [0.3, 0.4) is 0 Å². The number of nitrogens with one attached hydrogen (secondary N) is 2. The summed E-state index contributed by atoms with van der Waals surface area (Å²) >= 11 is 2.63.